The zero-order valence-electron chi connectivity index (χ0n) is 13.7. The zero-order valence-corrected chi connectivity index (χ0v) is 13.7. The first kappa shape index (κ1) is 16.1. The molecule has 124 valence electrons. The molecule has 1 N–H and O–H groups in total. The van der Waals surface area contributed by atoms with Gasteiger partial charge in [-0.05, 0) is 24.1 Å². The number of ketones is 1. The summed E-state index contributed by atoms with van der Waals surface area (Å²) in [4.78, 5) is 24.8. The summed E-state index contributed by atoms with van der Waals surface area (Å²) >= 11 is 0. The lowest BCUT2D eigenvalue weighted by Crippen LogP contribution is -2.30. The number of rotatable bonds is 4. The van der Waals surface area contributed by atoms with Crippen LogP contribution in [0.2, 0.25) is 0 Å². The van der Waals surface area contributed by atoms with E-state index < -0.39 is 0 Å². The summed E-state index contributed by atoms with van der Waals surface area (Å²) in [6.07, 6.45) is 0.803. The lowest BCUT2D eigenvalue weighted by atomic mass is 9.82. The molecule has 1 aliphatic rings. The van der Waals surface area contributed by atoms with Crippen molar-refractivity contribution in [2.75, 3.05) is 19.5 Å². The number of carbonyl (C=O) groups excluding carboxylic acids is 2. The van der Waals surface area contributed by atoms with E-state index in [0.29, 0.717) is 23.6 Å². The molecule has 1 aliphatic carbocycles. The first-order valence-electron chi connectivity index (χ1n) is 7.76. The van der Waals surface area contributed by atoms with E-state index in [2.05, 4.69) is 5.32 Å². The molecule has 1 atom stereocenters. The van der Waals surface area contributed by atoms with E-state index in [4.69, 9.17) is 9.47 Å². The van der Waals surface area contributed by atoms with Crippen molar-refractivity contribution >= 4 is 17.4 Å². The van der Waals surface area contributed by atoms with Gasteiger partial charge in [0.15, 0.2) is 17.3 Å². The van der Waals surface area contributed by atoms with Crippen LogP contribution in [0.4, 0.5) is 5.69 Å². The number of amides is 1. The van der Waals surface area contributed by atoms with Gasteiger partial charge in [0.1, 0.15) is 0 Å². The molecule has 1 amide bonds. The molecule has 1 unspecified atom stereocenters. The SMILES string of the molecule is COc1ccc(NC(=O)C2CC(=O)c3ccccc3C2)cc1OC. The molecular weight excluding hydrogens is 306 g/mol. The van der Waals surface area contributed by atoms with Crippen molar-refractivity contribution < 1.29 is 19.1 Å². The highest BCUT2D eigenvalue weighted by Gasteiger charge is 2.29. The fraction of sp³-hybridized carbons (Fsp3) is 0.263. The van der Waals surface area contributed by atoms with Crippen molar-refractivity contribution in [3.63, 3.8) is 0 Å². The zero-order chi connectivity index (χ0) is 17.1. The first-order chi connectivity index (χ1) is 11.6. The van der Waals surface area contributed by atoms with Gasteiger partial charge < -0.3 is 14.8 Å². The van der Waals surface area contributed by atoms with Crippen LogP contribution >= 0.6 is 0 Å². The van der Waals surface area contributed by atoms with Crippen LogP contribution in [-0.2, 0) is 11.2 Å². The highest BCUT2D eigenvalue weighted by Crippen LogP contribution is 2.31. The van der Waals surface area contributed by atoms with Crippen LogP contribution in [0.5, 0.6) is 11.5 Å². The molecular formula is C19H19NO4. The number of anilines is 1. The molecule has 0 heterocycles. The number of ether oxygens (including phenoxy) is 2. The third-order valence-corrected chi connectivity index (χ3v) is 4.24. The summed E-state index contributed by atoms with van der Waals surface area (Å²) in [5, 5.41) is 2.86. The molecule has 0 fully saturated rings. The lowest BCUT2D eigenvalue weighted by Gasteiger charge is -2.23. The molecule has 2 aromatic rings. The molecule has 5 nitrogen and oxygen atoms in total. The largest absolute Gasteiger partial charge is 0.493 e. The Bertz CT molecular complexity index is 785. The normalized spacial score (nSPS) is 16.2. The summed E-state index contributed by atoms with van der Waals surface area (Å²) in [6, 6.07) is 12.6. The predicted molar refractivity (Wildman–Crippen MR) is 90.8 cm³/mol. The maximum atomic E-state index is 12.5. The molecule has 24 heavy (non-hydrogen) atoms. The number of nitrogens with one attached hydrogen (secondary N) is 1. The summed E-state index contributed by atoms with van der Waals surface area (Å²) in [5.41, 5.74) is 2.28. The molecule has 0 spiro atoms. The second kappa shape index (κ2) is 6.74. The van der Waals surface area contributed by atoms with Gasteiger partial charge in [0.05, 0.1) is 14.2 Å². The first-order valence-corrected chi connectivity index (χ1v) is 7.76. The Labute approximate surface area is 140 Å². The molecule has 2 aromatic carbocycles. The van der Waals surface area contributed by atoms with Crippen molar-refractivity contribution in [2.45, 2.75) is 12.8 Å². The minimum absolute atomic E-state index is 0.0179. The number of Topliss-reactive ketones (excluding diaryl/α,β-unsaturated/α-hetero) is 1. The molecule has 0 radical (unpaired) electrons. The summed E-state index contributed by atoms with van der Waals surface area (Å²) in [6.45, 7) is 0. The Morgan fingerprint density at radius 1 is 1.04 bits per heavy atom. The number of benzene rings is 2. The minimum atomic E-state index is -0.361. The van der Waals surface area contributed by atoms with Crippen LogP contribution in [0.25, 0.3) is 0 Å². The van der Waals surface area contributed by atoms with Gasteiger partial charge in [-0.25, -0.2) is 0 Å². The number of methoxy groups -OCH3 is 2. The van der Waals surface area contributed by atoms with Crippen molar-refractivity contribution in [3.8, 4) is 11.5 Å². The van der Waals surface area contributed by atoms with Crippen LogP contribution in [0, 0.1) is 5.92 Å². The third-order valence-electron chi connectivity index (χ3n) is 4.24. The van der Waals surface area contributed by atoms with Gasteiger partial charge in [-0.1, -0.05) is 24.3 Å². The average molecular weight is 325 g/mol. The number of hydrogen-bond acceptors (Lipinski definition) is 4. The van der Waals surface area contributed by atoms with E-state index >= 15 is 0 Å². The van der Waals surface area contributed by atoms with Crippen LogP contribution < -0.4 is 14.8 Å². The second-order valence-electron chi connectivity index (χ2n) is 5.74. The Morgan fingerprint density at radius 3 is 2.54 bits per heavy atom. The number of hydrogen-bond donors (Lipinski definition) is 1. The maximum Gasteiger partial charge on any atom is 0.228 e. The molecule has 0 saturated heterocycles. The maximum absolute atomic E-state index is 12.5. The van der Waals surface area contributed by atoms with Gasteiger partial charge in [-0.2, -0.15) is 0 Å². The van der Waals surface area contributed by atoms with E-state index in [1.807, 2.05) is 24.3 Å². The Balaban J connectivity index is 1.75. The van der Waals surface area contributed by atoms with Gasteiger partial charge in [-0.3, -0.25) is 9.59 Å². The fourth-order valence-corrected chi connectivity index (χ4v) is 2.99. The van der Waals surface area contributed by atoms with Crippen molar-refractivity contribution in [1.29, 1.82) is 0 Å². The highest BCUT2D eigenvalue weighted by molar-refractivity contribution is 6.03. The topological polar surface area (TPSA) is 64.6 Å². The fourth-order valence-electron chi connectivity index (χ4n) is 2.99. The van der Waals surface area contributed by atoms with E-state index in [9.17, 15) is 9.59 Å². The molecule has 5 heteroatoms. The Morgan fingerprint density at radius 2 is 1.79 bits per heavy atom. The van der Waals surface area contributed by atoms with Gasteiger partial charge in [0.25, 0.3) is 0 Å². The minimum Gasteiger partial charge on any atom is -0.493 e. The van der Waals surface area contributed by atoms with Crippen molar-refractivity contribution in [1.82, 2.24) is 0 Å². The van der Waals surface area contributed by atoms with E-state index in [0.717, 1.165) is 11.1 Å². The third kappa shape index (κ3) is 3.11. The van der Waals surface area contributed by atoms with Gasteiger partial charge in [-0.15, -0.1) is 0 Å². The van der Waals surface area contributed by atoms with E-state index in [-0.39, 0.29) is 24.0 Å². The van der Waals surface area contributed by atoms with Crippen LogP contribution in [0.1, 0.15) is 22.3 Å². The number of carbonyl (C=O) groups is 2. The molecule has 3 rings (SSSR count). The van der Waals surface area contributed by atoms with Crippen LogP contribution in [-0.4, -0.2) is 25.9 Å². The summed E-state index contributed by atoms with van der Waals surface area (Å²) < 4.78 is 10.4. The van der Waals surface area contributed by atoms with Crippen LogP contribution in [0.3, 0.4) is 0 Å². The molecule has 0 bridgehead atoms. The Hall–Kier alpha value is -2.82. The van der Waals surface area contributed by atoms with Gasteiger partial charge >= 0.3 is 0 Å². The predicted octanol–water partition coefficient (Wildman–Crippen LogP) is 3.09. The molecule has 0 saturated carbocycles. The quantitative estimate of drug-likeness (QED) is 0.938. The van der Waals surface area contributed by atoms with E-state index in [1.54, 1.807) is 32.4 Å². The highest BCUT2D eigenvalue weighted by atomic mass is 16.5. The summed E-state index contributed by atoms with van der Waals surface area (Å²) in [7, 11) is 3.10. The monoisotopic (exact) mass is 325 g/mol. The average Bonchev–Trinajstić information content (AvgIpc) is 2.61. The lowest BCUT2D eigenvalue weighted by molar-refractivity contribution is -0.119. The van der Waals surface area contributed by atoms with E-state index in [1.165, 1.54) is 0 Å². The van der Waals surface area contributed by atoms with Crippen molar-refractivity contribution in [3.05, 3.63) is 53.6 Å². The van der Waals surface area contributed by atoms with Crippen LogP contribution in [0.15, 0.2) is 42.5 Å². The Kier molecular flexibility index (Phi) is 4.51. The van der Waals surface area contributed by atoms with Crippen molar-refractivity contribution in [2.24, 2.45) is 5.92 Å². The molecule has 0 aliphatic heterocycles. The molecule has 0 aromatic heterocycles. The smallest absolute Gasteiger partial charge is 0.228 e. The number of fused-ring (bicyclic) bond motifs is 1. The standard InChI is InChI=1S/C19H19NO4/c1-23-17-8-7-14(11-18(17)24-2)20-19(22)13-9-12-5-3-4-6-15(12)16(21)10-13/h3-8,11,13H,9-10H2,1-2H3,(H,20,22). The summed E-state index contributed by atoms with van der Waals surface area (Å²) in [5.74, 6) is 0.632. The second-order valence-corrected chi connectivity index (χ2v) is 5.74. The van der Waals surface area contributed by atoms with Gasteiger partial charge in [0.2, 0.25) is 5.91 Å². The van der Waals surface area contributed by atoms with Gasteiger partial charge in [0, 0.05) is 29.7 Å².